The third kappa shape index (κ3) is 6.20. The molecule has 200 valence electrons. The van der Waals surface area contributed by atoms with Crippen LogP contribution >= 0.6 is 0 Å². The van der Waals surface area contributed by atoms with Crippen molar-refractivity contribution in [2.75, 3.05) is 7.11 Å². The molecule has 4 nitrogen and oxygen atoms in total. The van der Waals surface area contributed by atoms with E-state index in [4.69, 9.17) is 4.74 Å². The van der Waals surface area contributed by atoms with Gasteiger partial charge in [0.05, 0.1) is 18.1 Å². The summed E-state index contributed by atoms with van der Waals surface area (Å²) in [4.78, 5) is 26.4. The molecule has 7 heteroatoms. The van der Waals surface area contributed by atoms with Crippen LogP contribution in [0.2, 0.25) is 0 Å². The van der Waals surface area contributed by atoms with Gasteiger partial charge in [0.25, 0.3) is 0 Å². The molecule has 0 radical (unpaired) electrons. The van der Waals surface area contributed by atoms with Gasteiger partial charge in [-0.3, -0.25) is 4.79 Å². The van der Waals surface area contributed by atoms with Gasteiger partial charge in [0.1, 0.15) is 6.04 Å². The second kappa shape index (κ2) is 12.0. The maximum absolute atomic E-state index is 13.7. The summed E-state index contributed by atoms with van der Waals surface area (Å²) >= 11 is 0. The number of carbonyl (C=O) groups is 2. The van der Waals surface area contributed by atoms with Gasteiger partial charge in [-0.2, -0.15) is 13.2 Å². The van der Waals surface area contributed by atoms with E-state index in [-0.39, 0.29) is 18.4 Å². The molecule has 0 bridgehead atoms. The molecule has 0 spiro atoms. The minimum absolute atomic E-state index is 0.0978. The largest absolute Gasteiger partial charge is 0.467 e. The summed E-state index contributed by atoms with van der Waals surface area (Å²) in [5.74, 6) is -1.34. The maximum atomic E-state index is 13.7. The van der Waals surface area contributed by atoms with Gasteiger partial charge in [0.15, 0.2) is 0 Å². The van der Waals surface area contributed by atoms with Crippen molar-refractivity contribution < 1.29 is 27.5 Å². The molecule has 4 aromatic rings. The fourth-order valence-corrected chi connectivity index (χ4v) is 4.99. The smallest absolute Gasteiger partial charge is 0.416 e. The lowest BCUT2D eigenvalue weighted by Crippen LogP contribution is -2.46. The highest BCUT2D eigenvalue weighted by Gasteiger charge is 2.40. The quantitative estimate of drug-likeness (QED) is 0.203. The van der Waals surface area contributed by atoms with E-state index in [1.54, 1.807) is 0 Å². The second-order valence-corrected chi connectivity index (χ2v) is 9.18. The highest BCUT2D eigenvalue weighted by atomic mass is 19.4. The van der Waals surface area contributed by atoms with Crippen molar-refractivity contribution in [1.29, 1.82) is 0 Å². The van der Waals surface area contributed by atoms with Gasteiger partial charge in [-0.25, -0.2) is 4.79 Å². The van der Waals surface area contributed by atoms with E-state index in [9.17, 15) is 22.8 Å². The van der Waals surface area contributed by atoms with Crippen LogP contribution in [0, 0.1) is 0 Å². The van der Waals surface area contributed by atoms with Gasteiger partial charge in [-0.1, -0.05) is 109 Å². The number of rotatable bonds is 9. The van der Waals surface area contributed by atoms with Crippen molar-refractivity contribution in [2.45, 2.75) is 30.5 Å². The van der Waals surface area contributed by atoms with Gasteiger partial charge in [0.2, 0.25) is 5.91 Å². The Morgan fingerprint density at radius 2 is 1.15 bits per heavy atom. The summed E-state index contributed by atoms with van der Waals surface area (Å²) in [5, 5.41) is 2.68. The standard InChI is InChI=1S/C32H28F3NO3/c1-39-30(38)28(21-23-13-11-12-20-27(23)32(33,34)35)36-29(37)22-31(24-14-5-2-6-15-24,25-16-7-3-8-17-25)26-18-9-4-10-19-26/h2-20,28H,21-22H2,1H3,(H,36,37)/t28-/m1/s1. The Kier molecular flexibility index (Phi) is 8.49. The molecule has 1 atom stereocenters. The van der Waals surface area contributed by atoms with E-state index in [0.29, 0.717) is 0 Å². The molecule has 0 heterocycles. The van der Waals surface area contributed by atoms with Gasteiger partial charge >= 0.3 is 12.1 Å². The lowest BCUT2D eigenvalue weighted by molar-refractivity contribution is -0.145. The van der Waals surface area contributed by atoms with Crippen molar-refractivity contribution in [2.24, 2.45) is 0 Å². The van der Waals surface area contributed by atoms with Gasteiger partial charge in [-0.15, -0.1) is 0 Å². The molecular weight excluding hydrogens is 503 g/mol. The second-order valence-electron chi connectivity index (χ2n) is 9.18. The molecule has 4 rings (SSSR count). The first kappa shape index (κ1) is 27.6. The number of amides is 1. The topological polar surface area (TPSA) is 55.4 Å². The molecule has 1 amide bonds. The highest BCUT2D eigenvalue weighted by Crippen LogP contribution is 2.42. The summed E-state index contributed by atoms with van der Waals surface area (Å²) < 4.78 is 45.7. The Hall–Kier alpha value is -4.39. The third-order valence-corrected chi connectivity index (χ3v) is 6.79. The molecule has 0 aliphatic heterocycles. The van der Waals surface area contributed by atoms with Crippen molar-refractivity contribution in [3.8, 4) is 0 Å². The molecule has 0 aliphatic rings. The van der Waals surface area contributed by atoms with Crippen LogP contribution in [0.15, 0.2) is 115 Å². The lowest BCUT2D eigenvalue weighted by Gasteiger charge is -2.36. The van der Waals surface area contributed by atoms with Crippen LogP contribution < -0.4 is 5.32 Å². The highest BCUT2D eigenvalue weighted by molar-refractivity contribution is 5.86. The van der Waals surface area contributed by atoms with Crippen molar-refractivity contribution >= 4 is 11.9 Å². The van der Waals surface area contributed by atoms with Crippen LogP contribution in [0.5, 0.6) is 0 Å². The number of nitrogens with one attached hydrogen (secondary N) is 1. The predicted octanol–water partition coefficient (Wildman–Crippen LogP) is 6.33. The summed E-state index contributed by atoms with van der Waals surface area (Å²) in [7, 11) is 1.14. The van der Waals surface area contributed by atoms with Crippen LogP contribution in [-0.2, 0) is 32.3 Å². The number of hydrogen-bond acceptors (Lipinski definition) is 3. The minimum atomic E-state index is -4.61. The number of benzene rings is 4. The van der Waals surface area contributed by atoms with Crippen molar-refractivity contribution in [3.63, 3.8) is 0 Å². The summed E-state index contributed by atoms with van der Waals surface area (Å²) in [5.41, 5.74) is 0.665. The van der Waals surface area contributed by atoms with E-state index < -0.39 is 35.1 Å². The SMILES string of the molecule is COC(=O)[C@@H](Cc1ccccc1C(F)(F)F)NC(=O)CC(c1ccccc1)(c1ccccc1)c1ccccc1. The first-order valence-electron chi connectivity index (χ1n) is 12.4. The summed E-state index contributed by atoms with van der Waals surface area (Å²) in [6.07, 6.45) is -5.08. The van der Waals surface area contributed by atoms with E-state index in [0.717, 1.165) is 29.9 Å². The number of carbonyl (C=O) groups excluding carboxylic acids is 2. The Morgan fingerprint density at radius 3 is 1.59 bits per heavy atom. The number of methoxy groups -OCH3 is 1. The third-order valence-electron chi connectivity index (χ3n) is 6.79. The molecule has 0 aromatic heterocycles. The average molecular weight is 532 g/mol. The minimum Gasteiger partial charge on any atom is -0.467 e. The molecule has 4 aromatic carbocycles. The molecule has 0 saturated heterocycles. The van der Waals surface area contributed by atoms with E-state index in [1.165, 1.54) is 18.2 Å². The lowest BCUT2D eigenvalue weighted by atomic mass is 9.67. The molecular formula is C32H28F3NO3. The van der Waals surface area contributed by atoms with Gasteiger partial charge < -0.3 is 10.1 Å². The predicted molar refractivity (Wildman–Crippen MR) is 143 cm³/mol. The molecule has 0 saturated carbocycles. The fourth-order valence-electron chi connectivity index (χ4n) is 4.99. The molecule has 0 aliphatic carbocycles. The Balaban J connectivity index is 1.74. The maximum Gasteiger partial charge on any atom is 0.416 e. The zero-order chi connectivity index (χ0) is 27.9. The molecule has 1 N–H and O–H groups in total. The Bertz CT molecular complexity index is 1290. The van der Waals surface area contributed by atoms with Crippen LogP contribution in [0.25, 0.3) is 0 Å². The Morgan fingerprint density at radius 1 is 0.718 bits per heavy atom. The van der Waals surface area contributed by atoms with Crippen LogP contribution in [0.4, 0.5) is 13.2 Å². The van der Waals surface area contributed by atoms with E-state index in [2.05, 4.69) is 5.32 Å². The van der Waals surface area contributed by atoms with Crippen LogP contribution in [0.1, 0.15) is 34.2 Å². The summed E-state index contributed by atoms with van der Waals surface area (Å²) in [6.45, 7) is 0. The van der Waals surface area contributed by atoms with Crippen LogP contribution in [-0.4, -0.2) is 25.0 Å². The van der Waals surface area contributed by atoms with Crippen LogP contribution in [0.3, 0.4) is 0 Å². The normalized spacial score (nSPS) is 12.4. The monoisotopic (exact) mass is 531 g/mol. The van der Waals surface area contributed by atoms with Gasteiger partial charge in [-0.05, 0) is 28.3 Å². The number of esters is 1. The number of halogens is 3. The van der Waals surface area contributed by atoms with Crippen molar-refractivity contribution in [1.82, 2.24) is 5.32 Å². The molecule has 0 fully saturated rings. The first-order chi connectivity index (χ1) is 18.8. The number of alkyl halides is 3. The zero-order valence-corrected chi connectivity index (χ0v) is 21.3. The Labute approximate surface area is 225 Å². The zero-order valence-electron chi connectivity index (χ0n) is 21.3. The average Bonchev–Trinajstić information content (AvgIpc) is 2.96. The van der Waals surface area contributed by atoms with E-state index in [1.807, 2.05) is 91.0 Å². The summed E-state index contributed by atoms with van der Waals surface area (Å²) in [6, 6.07) is 32.3. The first-order valence-corrected chi connectivity index (χ1v) is 12.4. The number of ether oxygens (including phenoxy) is 1. The number of hydrogen-bond donors (Lipinski definition) is 1. The van der Waals surface area contributed by atoms with Gasteiger partial charge in [0, 0.05) is 12.8 Å². The van der Waals surface area contributed by atoms with Crippen molar-refractivity contribution in [3.05, 3.63) is 143 Å². The molecule has 0 unspecified atom stereocenters. The molecule has 39 heavy (non-hydrogen) atoms. The van der Waals surface area contributed by atoms with E-state index >= 15 is 0 Å². The fraction of sp³-hybridized carbons (Fsp3) is 0.188.